The van der Waals surface area contributed by atoms with Crippen molar-refractivity contribution < 1.29 is 18.7 Å². The molecule has 6 heteroatoms. The molecule has 2 rings (SSSR count). The first-order chi connectivity index (χ1) is 8.97. The first-order valence-corrected chi connectivity index (χ1v) is 5.32. The van der Waals surface area contributed by atoms with Crippen molar-refractivity contribution in [1.29, 1.82) is 0 Å². The largest absolute Gasteiger partial charge is 0.507 e. The van der Waals surface area contributed by atoms with Crippen LogP contribution >= 0.6 is 0 Å². The predicted molar refractivity (Wildman–Crippen MR) is 66.8 cm³/mol. The van der Waals surface area contributed by atoms with E-state index >= 15 is 0 Å². The number of hydrogen-bond donors (Lipinski definition) is 3. The molecular formula is C13H10F2N2O2. The van der Waals surface area contributed by atoms with Crippen LogP contribution in [-0.2, 0) is 0 Å². The fourth-order valence-corrected chi connectivity index (χ4v) is 1.52. The van der Waals surface area contributed by atoms with Gasteiger partial charge in [-0.15, -0.1) is 0 Å². The summed E-state index contributed by atoms with van der Waals surface area (Å²) in [4.78, 5) is 11.8. The molecule has 2 aromatic carbocycles. The number of halogens is 2. The predicted octanol–water partition coefficient (Wildman–Crippen LogP) is 2.50. The highest BCUT2D eigenvalue weighted by atomic mass is 19.1. The van der Waals surface area contributed by atoms with E-state index in [4.69, 9.17) is 5.73 Å². The lowest BCUT2D eigenvalue weighted by Crippen LogP contribution is -2.13. The molecule has 0 saturated carbocycles. The molecule has 4 nitrogen and oxygen atoms in total. The van der Waals surface area contributed by atoms with Gasteiger partial charge < -0.3 is 16.2 Å². The molecule has 0 aromatic heterocycles. The summed E-state index contributed by atoms with van der Waals surface area (Å²) in [7, 11) is 0. The number of nitrogen functional groups attached to an aromatic ring is 1. The lowest BCUT2D eigenvalue weighted by atomic mass is 10.1. The molecule has 0 unspecified atom stereocenters. The summed E-state index contributed by atoms with van der Waals surface area (Å²) in [6.45, 7) is 0. The third-order valence-corrected chi connectivity index (χ3v) is 2.45. The molecule has 0 spiro atoms. The maximum atomic E-state index is 13.4. The Hall–Kier alpha value is -2.63. The molecule has 1 amide bonds. The second-order valence-electron chi connectivity index (χ2n) is 3.85. The maximum absolute atomic E-state index is 13.4. The monoisotopic (exact) mass is 264 g/mol. The number of amides is 1. The minimum atomic E-state index is -0.900. The number of anilines is 2. The van der Waals surface area contributed by atoms with E-state index in [9.17, 15) is 18.7 Å². The minimum Gasteiger partial charge on any atom is -0.507 e. The lowest BCUT2D eigenvalue weighted by molar-refractivity contribution is 0.102. The standard InChI is InChI=1S/C13H10F2N2O2/c14-7-1-4-11(10(15)5-7)17-13(19)9-3-2-8(16)6-12(9)18/h1-6,18H,16H2,(H,17,19). The summed E-state index contributed by atoms with van der Waals surface area (Å²) in [5.74, 6) is -2.68. The highest BCUT2D eigenvalue weighted by Crippen LogP contribution is 2.22. The molecule has 0 aliphatic carbocycles. The van der Waals surface area contributed by atoms with Gasteiger partial charge in [-0.2, -0.15) is 0 Å². The first kappa shape index (κ1) is 12.8. The fourth-order valence-electron chi connectivity index (χ4n) is 1.52. The van der Waals surface area contributed by atoms with Crippen molar-refractivity contribution in [3.05, 3.63) is 53.6 Å². The molecule has 0 aliphatic rings. The van der Waals surface area contributed by atoms with Crippen molar-refractivity contribution >= 4 is 17.3 Å². The maximum Gasteiger partial charge on any atom is 0.259 e. The number of carbonyl (C=O) groups is 1. The highest BCUT2D eigenvalue weighted by molar-refractivity contribution is 6.06. The third-order valence-electron chi connectivity index (χ3n) is 2.45. The van der Waals surface area contributed by atoms with Crippen molar-refractivity contribution in [2.45, 2.75) is 0 Å². The van der Waals surface area contributed by atoms with Gasteiger partial charge in [-0.1, -0.05) is 0 Å². The Morgan fingerprint density at radius 1 is 1.16 bits per heavy atom. The molecule has 0 fully saturated rings. The number of hydrogen-bond acceptors (Lipinski definition) is 3. The van der Waals surface area contributed by atoms with Crippen LogP contribution in [0, 0.1) is 11.6 Å². The van der Waals surface area contributed by atoms with Gasteiger partial charge in [-0.05, 0) is 24.3 Å². The van der Waals surface area contributed by atoms with Crippen LogP contribution in [0.15, 0.2) is 36.4 Å². The number of aromatic hydroxyl groups is 1. The summed E-state index contributed by atoms with van der Waals surface area (Å²) >= 11 is 0. The van der Waals surface area contributed by atoms with Crippen LogP contribution in [0.3, 0.4) is 0 Å². The van der Waals surface area contributed by atoms with Crippen molar-refractivity contribution in [1.82, 2.24) is 0 Å². The molecular weight excluding hydrogens is 254 g/mol. The van der Waals surface area contributed by atoms with E-state index in [2.05, 4.69) is 5.32 Å². The van der Waals surface area contributed by atoms with Gasteiger partial charge in [-0.25, -0.2) is 8.78 Å². The minimum absolute atomic E-state index is 0.0575. The summed E-state index contributed by atoms with van der Waals surface area (Å²) in [5.41, 5.74) is 5.49. The Bertz CT molecular complexity index is 645. The van der Waals surface area contributed by atoms with Crippen LogP contribution < -0.4 is 11.1 Å². The number of carbonyl (C=O) groups excluding carboxylic acids is 1. The van der Waals surface area contributed by atoms with Gasteiger partial charge in [0.25, 0.3) is 5.91 Å². The number of benzene rings is 2. The molecule has 4 N–H and O–H groups in total. The van der Waals surface area contributed by atoms with Crippen LogP contribution in [0.2, 0.25) is 0 Å². The van der Waals surface area contributed by atoms with E-state index in [1.807, 2.05) is 0 Å². The topological polar surface area (TPSA) is 75.4 Å². The Labute approximate surface area is 107 Å². The lowest BCUT2D eigenvalue weighted by Gasteiger charge is -2.08. The van der Waals surface area contributed by atoms with Crippen LogP contribution in [0.4, 0.5) is 20.2 Å². The fraction of sp³-hybridized carbons (Fsp3) is 0. The Morgan fingerprint density at radius 3 is 2.53 bits per heavy atom. The van der Waals surface area contributed by atoms with E-state index in [-0.39, 0.29) is 17.0 Å². The summed E-state index contributed by atoms with van der Waals surface area (Å²) < 4.78 is 26.1. The second-order valence-corrected chi connectivity index (χ2v) is 3.85. The molecule has 0 radical (unpaired) electrons. The normalized spacial score (nSPS) is 10.2. The molecule has 0 atom stereocenters. The van der Waals surface area contributed by atoms with Crippen molar-refractivity contribution in [3.8, 4) is 5.75 Å². The molecule has 0 heterocycles. The van der Waals surface area contributed by atoms with Gasteiger partial charge in [0, 0.05) is 17.8 Å². The number of rotatable bonds is 2. The highest BCUT2D eigenvalue weighted by Gasteiger charge is 2.13. The molecule has 19 heavy (non-hydrogen) atoms. The van der Waals surface area contributed by atoms with Gasteiger partial charge in [0.1, 0.15) is 17.4 Å². The zero-order valence-electron chi connectivity index (χ0n) is 9.65. The van der Waals surface area contributed by atoms with E-state index in [1.165, 1.54) is 18.2 Å². The Kier molecular flexibility index (Phi) is 3.33. The number of phenolic OH excluding ortho intramolecular Hbond substituents is 1. The molecule has 0 saturated heterocycles. The molecule has 0 aliphatic heterocycles. The van der Waals surface area contributed by atoms with E-state index in [0.29, 0.717) is 11.8 Å². The van der Waals surface area contributed by atoms with Gasteiger partial charge in [0.05, 0.1) is 11.3 Å². The zero-order valence-corrected chi connectivity index (χ0v) is 9.65. The average molecular weight is 264 g/mol. The average Bonchev–Trinajstić information content (AvgIpc) is 2.32. The summed E-state index contributed by atoms with van der Waals surface area (Å²) in [6, 6.07) is 6.70. The Balaban J connectivity index is 2.25. The second kappa shape index (κ2) is 4.93. The first-order valence-electron chi connectivity index (χ1n) is 5.32. The SMILES string of the molecule is Nc1ccc(C(=O)Nc2ccc(F)cc2F)c(O)c1. The number of nitrogens with two attached hydrogens (primary N) is 1. The molecule has 0 bridgehead atoms. The number of phenols is 1. The molecule has 98 valence electrons. The van der Waals surface area contributed by atoms with Crippen LogP contribution in [-0.4, -0.2) is 11.0 Å². The van der Waals surface area contributed by atoms with E-state index in [0.717, 1.165) is 12.1 Å². The van der Waals surface area contributed by atoms with Crippen molar-refractivity contribution in [3.63, 3.8) is 0 Å². The zero-order chi connectivity index (χ0) is 14.0. The van der Waals surface area contributed by atoms with Crippen LogP contribution in [0.5, 0.6) is 5.75 Å². The van der Waals surface area contributed by atoms with E-state index in [1.54, 1.807) is 0 Å². The van der Waals surface area contributed by atoms with Crippen molar-refractivity contribution in [2.24, 2.45) is 0 Å². The Morgan fingerprint density at radius 2 is 1.89 bits per heavy atom. The van der Waals surface area contributed by atoms with Crippen molar-refractivity contribution in [2.75, 3.05) is 11.1 Å². The third kappa shape index (κ3) is 2.79. The van der Waals surface area contributed by atoms with Gasteiger partial charge >= 0.3 is 0 Å². The van der Waals surface area contributed by atoms with Crippen LogP contribution in [0.1, 0.15) is 10.4 Å². The quantitative estimate of drug-likeness (QED) is 0.729. The summed E-state index contributed by atoms with van der Waals surface area (Å²) in [5, 5.41) is 11.8. The number of nitrogens with one attached hydrogen (secondary N) is 1. The molecule has 2 aromatic rings. The van der Waals surface area contributed by atoms with Gasteiger partial charge in [0.2, 0.25) is 0 Å². The summed E-state index contributed by atoms with van der Waals surface area (Å²) in [6.07, 6.45) is 0. The van der Waals surface area contributed by atoms with Gasteiger partial charge in [-0.3, -0.25) is 4.79 Å². The van der Waals surface area contributed by atoms with E-state index < -0.39 is 17.5 Å². The smallest absolute Gasteiger partial charge is 0.259 e. The van der Waals surface area contributed by atoms with Crippen LogP contribution in [0.25, 0.3) is 0 Å². The van der Waals surface area contributed by atoms with Gasteiger partial charge in [0.15, 0.2) is 0 Å².